The number of anilines is 1. The van der Waals surface area contributed by atoms with Gasteiger partial charge in [0.1, 0.15) is 0 Å². The number of piperidine rings is 1. The van der Waals surface area contributed by atoms with Crippen molar-refractivity contribution in [3.05, 3.63) is 54.2 Å². The first-order valence-electron chi connectivity index (χ1n) is 9.29. The molecule has 0 bridgehead atoms. The fourth-order valence-electron chi connectivity index (χ4n) is 4.00. The second-order valence-corrected chi connectivity index (χ2v) is 7.05. The van der Waals surface area contributed by atoms with E-state index in [-0.39, 0.29) is 12.8 Å². The van der Waals surface area contributed by atoms with Crippen molar-refractivity contribution in [1.29, 1.82) is 0 Å². The van der Waals surface area contributed by atoms with Crippen LogP contribution in [-0.4, -0.2) is 35.8 Å². The Morgan fingerprint density at radius 3 is 2.78 bits per heavy atom. The third-order valence-electron chi connectivity index (χ3n) is 5.47. The Hall–Kier alpha value is -3.15. The third kappa shape index (κ3) is 2.97. The van der Waals surface area contributed by atoms with Gasteiger partial charge in [0.2, 0.25) is 6.79 Å². The molecule has 5 rings (SSSR count). The molecule has 0 aliphatic carbocycles. The molecule has 0 saturated carbocycles. The maximum atomic E-state index is 12.6. The largest absolute Gasteiger partial charge is 0.454 e. The Morgan fingerprint density at radius 2 is 1.89 bits per heavy atom. The van der Waals surface area contributed by atoms with E-state index < -0.39 is 0 Å². The lowest BCUT2D eigenvalue weighted by Crippen LogP contribution is -2.40. The summed E-state index contributed by atoms with van der Waals surface area (Å²) in [5, 5.41) is 4.26. The standard InChI is InChI=1S/C21H21N3O3/c25-21(23-15-5-6-19-20(11-15)27-13-26-19)24-9-7-14(8-10-24)17-12-22-18-4-2-1-3-16(17)18/h1-6,11-12,14,22H,7-10,13H2,(H,23,25). The highest BCUT2D eigenvalue weighted by atomic mass is 16.7. The fraction of sp³-hybridized carbons (Fsp3) is 0.286. The Kier molecular flexibility index (Phi) is 3.89. The molecule has 2 amide bonds. The molecule has 1 saturated heterocycles. The van der Waals surface area contributed by atoms with Gasteiger partial charge in [0.15, 0.2) is 11.5 Å². The highest BCUT2D eigenvalue weighted by Crippen LogP contribution is 2.35. The number of ether oxygens (including phenoxy) is 2. The Bertz CT molecular complexity index is 989. The van der Waals surface area contributed by atoms with Gasteiger partial charge in [0, 0.05) is 41.9 Å². The predicted octanol–water partition coefficient (Wildman–Crippen LogP) is 4.31. The number of hydrogen-bond donors (Lipinski definition) is 2. The maximum Gasteiger partial charge on any atom is 0.321 e. The van der Waals surface area contributed by atoms with Crippen LogP contribution in [0.5, 0.6) is 11.5 Å². The highest BCUT2D eigenvalue weighted by molar-refractivity contribution is 5.90. The van der Waals surface area contributed by atoms with Crippen LogP contribution >= 0.6 is 0 Å². The van der Waals surface area contributed by atoms with Gasteiger partial charge in [-0.05, 0) is 42.5 Å². The molecule has 2 N–H and O–H groups in total. The Labute approximate surface area is 157 Å². The average molecular weight is 363 g/mol. The topological polar surface area (TPSA) is 66.6 Å². The molecular weight excluding hydrogens is 342 g/mol. The molecule has 2 aromatic carbocycles. The minimum Gasteiger partial charge on any atom is -0.454 e. The van der Waals surface area contributed by atoms with Crippen molar-refractivity contribution in [2.24, 2.45) is 0 Å². The van der Waals surface area contributed by atoms with Crippen LogP contribution in [0.25, 0.3) is 10.9 Å². The van der Waals surface area contributed by atoms with Gasteiger partial charge in [-0.2, -0.15) is 0 Å². The first-order valence-corrected chi connectivity index (χ1v) is 9.29. The zero-order valence-electron chi connectivity index (χ0n) is 14.9. The first kappa shape index (κ1) is 16.1. The van der Waals surface area contributed by atoms with E-state index in [0.717, 1.165) is 31.6 Å². The number of hydrogen-bond acceptors (Lipinski definition) is 3. The lowest BCUT2D eigenvalue weighted by Gasteiger charge is -2.32. The molecule has 0 radical (unpaired) electrons. The molecule has 0 spiro atoms. The van der Waals surface area contributed by atoms with Crippen LogP contribution in [0.4, 0.5) is 10.5 Å². The molecule has 3 heterocycles. The van der Waals surface area contributed by atoms with Crippen molar-refractivity contribution >= 4 is 22.6 Å². The summed E-state index contributed by atoms with van der Waals surface area (Å²) in [4.78, 5) is 17.9. The number of fused-ring (bicyclic) bond motifs is 2. The van der Waals surface area contributed by atoms with Crippen molar-refractivity contribution in [2.75, 3.05) is 25.2 Å². The summed E-state index contributed by atoms with van der Waals surface area (Å²) in [7, 11) is 0. The molecule has 0 unspecified atom stereocenters. The predicted molar refractivity (Wildman–Crippen MR) is 103 cm³/mol. The molecule has 6 nitrogen and oxygen atoms in total. The van der Waals surface area contributed by atoms with Crippen molar-refractivity contribution in [3.63, 3.8) is 0 Å². The Morgan fingerprint density at radius 1 is 1.07 bits per heavy atom. The number of para-hydroxylation sites is 1. The number of carbonyl (C=O) groups excluding carboxylic acids is 1. The fourth-order valence-corrected chi connectivity index (χ4v) is 4.00. The van der Waals surface area contributed by atoms with Crippen molar-refractivity contribution in [1.82, 2.24) is 9.88 Å². The quantitative estimate of drug-likeness (QED) is 0.713. The average Bonchev–Trinajstić information content (AvgIpc) is 3.34. The molecule has 2 aliphatic heterocycles. The van der Waals surface area contributed by atoms with E-state index in [1.165, 1.54) is 16.5 Å². The molecule has 1 fully saturated rings. The molecule has 27 heavy (non-hydrogen) atoms. The highest BCUT2D eigenvalue weighted by Gasteiger charge is 2.25. The molecule has 2 aliphatic rings. The summed E-state index contributed by atoms with van der Waals surface area (Å²) in [5.41, 5.74) is 3.26. The molecule has 0 atom stereocenters. The van der Waals surface area contributed by atoms with Crippen LogP contribution in [-0.2, 0) is 0 Å². The smallest absolute Gasteiger partial charge is 0.321 e. The van der Waals surface area contributed by atoms with Gasteiger partial charge in [-0.25, -0.2) is 4.79 Å². The number of amides is 2. The summed E-state index contributed by atoms with van der Waals surface area (Å²) in [5.74, 6) is 1.87. The summed E-state index contributed by atoms with van der Waals surface area (Å²) < 4.78 is 10.7. The molecule has 3 aromatic rings. The molecular formula is C21H21N3O3. The zero-order valence-corrected chi connectivity index (χ0v) is 14.9. The van der Waals surface area contributed by atoms with Gasteiger partial charge in [-0.1, -0.05) is 18.2 Å². The number of likely N-dealkylation sites (tertiary alicyclic amines) is 1. The Balaban J connectivity index is 1.23. The van der Waals surface area contributed by atoms with Crippen LogP contribution in [0.1, 0.15) is 24.3 Å². The van der Waals surface area contributed by atoms with Gasteiger partial charge in [-0.15, -0.1) is 0 Å². The molecule has 1 aromatic heterocycles. The number of H-pyrrole nitrogens is 1. The number of nitrogens with one attached hydrogen (secondary N) is 2. The van der Waals surface area contributed by atoms with Crippen molar-refractivity contribution < 1.29 is 14.3 Å². The first-order chi connectivity index (χ1) is 13.3. The number of benzene rings is 2. The van der Waals surface area contributed by atoms with E-state index in [2.05, 4.69) is 34.7 Å². The van der Waals surface area contributed by atoms with Crippen LogP contribution in [0.3, 0.4) is 0 Å². The number of urea groups is 1. The minimum atomic E-state index is -0.0637. The number of carbonyl (C=O) groups is 1. The van der Waals surface area contributed by atoms with E-state index in [9.17, 15) is 4.79 Å². The van der Waals surface area contributed by atoms with Gasteiger partial charge in [-0.3, -0.25) is 0 Å². The second kappa shape index (κ2) is 6.54. The van der Waals surface area contributed by atoms with Gasteiger partial charge in [0.25, 0.3) is 0 Å². The lowest BCUT2D eigenvalue weighted by atomic mass is 9.89. The van der Waals surface area contributed by atoms with E-state index in [0.29, 0.717) is 17.4 Å². The monoisotopic (exact) mass is 363 g/mol. The second-order valence-electron chi connectivity index (χ2n) is 7.05. The maximum absolute atomic E-state index is 12.6. The summed E-state index contributed by atoms with van der Waals surface area (Å²) in [6.07, 6.45) is 4.06. The van der Waals surface area contributed by atoms with Crippen molar-refractivity contribution in [2.45, 2.75) is 18.8 Å². The summed E-state index contributed by atoms with van der Waals surface area (Å²) in [6.45, 7) is 1.73. The SMILES string of the molecule is O=C(Nc1ccc2c(c1)OCO2)N1CCC(c2c[nH]c3ccccc23)CC1. The van der Waals surface area contributed by atoms with Crippen LogP contribution in [0.15, 0.2) is 48.7 Å². The number of aromatic nitrogens is 1. The molecule has 6 heteroatoms. The van der Waals surface area contributed by atoms with E-state index in [1.54, 1.807) is 6.07 Å². The van der Waals surface area contributed by atoms with Gasteiger partial charge < -0.3 is 24.7 Å². The summed E-state index contributed by atoms with van der Waals surface area (Å²) >= 11 is 0. The van der Waals surface area contributed by atoms with Crippen LogP contribution in [0.2, 0.25) is 0 Å². The third-order valence-corrected chi connectivity index (χ3v) is 5.47. The van der Waals surface area contributed by atoms with Crippen LogP contribution < -0.4 is 14.8 Å². The molecule has 138 valence electrons. The normalized spacial score (nSPS) is 16.7. The van der Waals surface area contributed by atoms with Gasteiger partial charge >= 0.3 is 6.03 Å². The number of rotatable bonds is 2. The zero-order chi connectivity index (χ0) is 18.2. The van der Waals surface area contributed by atoms with Crippen molar-refractivity contribution in [3.8, 4) is 11.5 Å². The van der Waals surface area contributed by atoms with E-state index in [1.807, 2.05) is 23.1 Å². The number of aromatic amines is 1. The van der Waals surface area contributed by atoms with E-state index in [4.69, 9.17) is 9.47 Å². The van der Waals surface area contributed by atoms with Crippen LogP contribution in [0, 0.1) is 0 Å². The lowest BCUT2D eigenvalue weighted by molar-refractivity contribution is 0.174. The minimum absolute atomic E-state index is 0.0637. The van der Waals surface area contributed by atoms with Gasteiger partial charge in [0.05, 0.1) is 0 Å². The van der Waals surface area contributed by atoms with E-state index >= 15 is 0 Å². The summed E-state index contributed by atoms with van der Waals surface area (Å²) in [6, 6.07) is 13.8. The number of nitrogens with zero attached hydrogens (tertiary/aromatic N) is 1.